The zero-order valence-electron chi connectivity index (χ0n) is 12.9. The molecule has 1 aliphatic rings. The molecule has 3 heteroatoms. The Balaban J connectivity index is 1.75. The number of thiophene rings is 1. The SMILES string of the molecule is CCNCc1ccccc1CN1CCc2sccc2C1C. The van der Waals surface area contributed by atoms with Gasteiger partial charge in [-0.3, -0.25) is 4.90 Å². The lowest BCUT2D eigenvalue weighted by atomic mass is 9.99. The standard InChI is InChI=1S/C18H24N2S/c1-3-19-12-15-6-4-5-7-16(15)13-20-10-8-18-17(14(20)2)9-11-21-18/h4-7,9,11,14,19H,3,8,10,12-13H2,1-2H3. The molecule has 3 rings (SSSR count). The summed E-state index contributed by atoms with van der Waals surface area (Å²) in [5.74, 6) is 0. The maximum atomic E-state index is 3.45. The fraction of sp³-hybridized carbons (Fsp3) is 0.444. The first-order valence-electron chi connectivity index (χ1n) is 7.87. The summed E-state index contributed by atoms with van der Waals surface area (Å²) in [4.78, 5) is 4.19. The molecule has 0 amide bonds. The number of hydrogen-bond acceptors (Lipinski definition) is 3. The van der Waals surface area contributed by atoms with Crippen LogP contribution in [0.3, 0.4) is 0 Å². The molecule has 2 nitrogen and oxygen atoms in total. The fourth-order valence-corrected chi connectivity index (χ4v) is 4.10. The molecule has 0 radical (unpaired) electrons. The van der Waals surface area contributed by atoms with E-state index in [-0.39, 0.29) is 0 Å². The zero-order valence-corrected chi connectivity index (χ0v) is 13.7. The second-order valence-electron chi connectivity index (χ2n) is 5.74. The number of fused-ring (bicyclic) bond motifs is 1. The molecule has 0 saturated heterocycles. The third kappa shape index (κ3) is 3.20. The monoisotopic (exact) mass is 300 g/mol. The molecule has 1 aliphatic heterocycles. The molecule has 0 aliphatic carbocycles. The second kappa shape index (κ2) is 6.73. The quantitative estimate of drug-likeness (QED) is 0.898. The van der Waals surface area contributed by atoms with E-state index in [1.807, 2.05) is 11.3 Å². The van der Waals surface area contributed by atoms with Crippen LogP contribution >= 0.6 is 11.3 Å². The van der Waals surface area contributed by atoms with Crippen molar-refractivity contribution in [1.82, 2.24) is 10.2 Å². The van der Waals surface area contributed by atoms with Crippen molar-refractivity contribution in [2.75, 3.05) is 13.1 Å². The summed E-state index contributed by atoms with van der Waals surface area (Å²) >= 11 is 1.92. The van der Waals surface area contributed by atoms with E-state index < -0.39 is 0 Å². The number of rotatable bonds is 5. The van der Waals surface area contributed by atoms with Gasteiger partial charge >= 0.3 is 0 Å². The van der Waals surface area contributed by atoms with Crippen LogP contribution in [0.25, 0.3) is 0 Å². The molecule has 112 valence electrons. The normalized spacial score (nSPS) is 18.7. The molecule has 1 unspecified atom stereocenters. The summed E-state index contributed by atoms with van der Waals surface area (Å²) in [7, 11) is 0. The van der Waals surface area contributed by atoms with Gasteiger partial charge in [-0.05, 0) is 48.0 Å². The van der Waals surface area contributed by atoms with Crippen LogP contribution in [0, 0.1) is 0 Å². The topological polar surface area (TPSA) is 15.3 Å². The van der Waals surface area contributed by atoms with Gasteiger partial charge in [0.05, 0.1) is 0 Å². The van der Waals surface area contributed by atoms with Crippen LogP contribution in [-0.4, -0.2) is 18.0 Å². The highest BCUT2D eigenvalue weighted by molar-refractivity contribution is 7.10. The highest BCUT2D eigenvalue weighted by Gasteiger charge is 2.24. The zero-order chi connectivity index (χ0) is 14.7. The summed E-state index contributed by atoms with van der Waals surface area (Å²) in [5, 5.41) is 5.69. The van der Waals surface area contributed by atoms with Crippen molar-refractivity contribution in [2.24, 2.45) is 0 Å². The van der Waals surface area contributed by atoms with Gasteiger partial charge in [0.25, 0.3) is 0 Å². The molecule has 0 fully saturated rings. The van der Waals surface area contributed by atoms with E-state index in [9.17, 15) is 0 Å². The summed E-state index contributed by atoms with van der Waals surface area (Å²) in [6.07, 6.45) is 1.20. The lowest BCUT2D eigenvalue weighted by Crippen LogP contribution is -2.33. The van der Waals surface area contributed by atoms with E-state index in [4.69, 9.17) is 0 Å². The molecular formula is C18H24N2S. The summed E-state index contributed by atoms with van der Waals surface area (Å²) in [6, 6.07) is 11.7. The summed E-state index contributed by atoms with van der Waals surface area (Å²) < 4.78 is 0. The van der Waals surface area contributed by atoms with Crippen LogP contribution in [0.15, 0.2) is 35.7 Å². The molecule has 2 heterocycles. The lowest BCUT2D eigenvalue weighted by molar-refractivity contribution is 0.191. The van der Waals surface area contributed by atoms with Crippen LogP contribution in [0.4, 0.5) is 0 Å². The van der Waals surface area contributed by atoms with Gasteiger partial charge in [0.15, 0.2) is 0 Å². The Labute approximate surface area is 131 Å². The third-order valence-electron chi connectivity index (χ3n) is 4.46. The molecule has 1 aromatic carbocycles. The maximum Gasteiger partial charge on any atom is 0.0334 e. The van der Waals surface area contributed by atoms with Crippen molar-refractivity contribution in [2.45, 2.75) is 39.4 Å². The van der Waals surface area contributed by atoms with Gasteiger partial charge in [0.1, 0.15) is 0 Å². The predicted octanol–water partition coefficient (Wildman–Crippen LogP) is 3.98. The van der Waals surface area contributed by atoms with Crippen LogP contribution in [0.5, 0.6) is 0 Å². The third-order valence-corrected chi connectivity index (χ3v) is 5.46. The number of hydrogen-bond donors (Lipinski definition) is 1. The van der Waals surface area contributed by atoms with Crippen molar-refractivity contribution in [1.29, 1.82) is 0 Å². The molecule has 0 saturated carbocycles. The number of benzene rings is 1. The molecular weight excluding hydrogens is 276 g/mol. The van der Waals surface area contributed by atoms with Gasteiger partial charge in [-0.2, -0.15) is 0 Å². The number of nitrogens with one attached hydrogen (secondary N) is 1. The van der Waals surface area contributed by atoms with Crippen LogP contribution < -0.4 is 5.32 Å². The Morgan fingerprint density at radius 1 is 1.24 bits per heavy atom. The van der Waals surface area contributed by atoms with Gasteiger partial charge < -0.3 is 5.32 Å². The summed E-state index contributed by atoms with van der Waals surface area (Å²) in [6.45, 7) is 8.72. The molecule has 0 bridgehead atoms. The van der Waals surface area contributed by atoms with Crippen LogP contribution in [0.2, 0.25) is 0 Å². The Morgan fingerprint density at radius 2 is 2.05 bits per heavy atom. The van der Waals surface area contributed by atoms with E-state index in [2.05, 4.69) is 59.8 Å². The van der Waals surface area contributed by atoms with Gasteiger partial charge in [-0.15, -0.1) is 11.3 Å². The van der Waals surface area contributed by atoms with Crippen LogP contribution in [-0.2, 0) is 19.5 Å². The Hall–Kier alpha value is -1.16. The van der Waals surface area contributed by atoms with Crippen molar-refractivity contribution in [3.63, 3.8) is 0 Å². The van der Waals surface area contributed by atoms with Gasteiger partial charge in [-0.25, -0.2) is 0 Å². The smallest absolute Gasteiger partial charge is 0.0334 e. The van der Waals surface area contributed by atoms with Gasteiger partial charge in [-0.1, -0.05) is 31.2 Å². The minimum absolute atomic E-state index is 0.534. The molecule has 0 spiro atoms. The lowest BCUT2D eigenvalue weighted by Gasteiger charge is -2.34. The Morgan fingerprint density at radius 3 is 2.86 bits per heavy atom. The first kappa shape index (κ1) is 14.8. The first-order valence-corrected chi connectivity index (χ1v) is 8.75. The second-order valence-corrected chi connectivity index (χ2v) is 6.75. The molecule has 1 aromatic heterocycles. The first-order chi connectivity index (χ1) is 10.3. The highest BCUT2D eigenvalue weighted by Crippen LogP contribution is 2.33. The van der Waals surface area contributed by atoms with Crippen molar-refractivity contribution in [3.8, 4) is 0 Å². The molecule has 1 N–H and O–H groups in total. The predicted molar refractivity (Wildman–Crippen MR) is 90.7 cm³/mol. The van der Waals surface area contributed by atoms with Crippen molar-refractivity contribution < 1.29 is 0 Å². The minimum Gasteiger partial charge on any atom is -0.313 e. The van der Waals surface area contributed by atoms with Crippen molar-refractivity contribution in [3.05, 3.63) is 57.3 Å². The molecule has 2 aromatic rings. The molecule has 1 atom stereocenters. The average Bonchev–Trinajstić information content (AvgIpc) is 2.98. The van der Waals surface area contributed by atoms with Crippen LogP contribution in [0.1, 0.15) is 41.5 Å². The number of nitrogens with zero attached hydrogens (tertiary/aromatic N) is 1. The van der Waals surface area contributed by atoms with E-state index in [1.165, 1.54) is 29.7 Å². The average molecular weight is 300 g/mol. The van der Waals surface area contributed by atoms with E-state index in [1.54, 1.807) is 4.88 Å². The van der Waals surface area contributed by atoms with Gasteiger partial charge in [0, 0.05) is 30.6 Å². The van der Waals surface area contributed by atoms with E-state index in [0.29, 0.717) is 6.04 Å². The van der Waals surface area contributed by atoms with E-state index in [0.717, 1.165) is 19.6 Å². The minimum atomic E-state index is 0.534. The van der Waals surface area contributed by atoms with Crippen molar-refractivity contribution >= 4 is 11.3 Å². The maximum absolute atomic E-state index is 3.45. The Kier molecular flexibility index (Phi) is 4.73. The van der Waals surface area contributed by atoms with E-state index >= 15 is 0 Å². The highest BCUT2D eigenvalue weighted by atomic mass is 32.1. The summed E-state index contributed by atoms with van der Waals surface area (Å²) in [5.41, 5.74) is 4.43. The Bertz CT molecular complexity index is 590. The largest absolute Gasteiger partial charge is 0.313 e. The fourth-order valence-electron chi connectivity index (χ4n) is 3.14. The molecule has 21 heavy (non-hydrogen) atoms. The van der Waals surface area contributed by atoms with Gasteiger partial charge in [0.2, 0.25) is 0 Å².